The number of nitrogens with zero attached hydrogens (tertiary/aromatic N) is 2. The van der Waals surface area contributed by atoms with Crippen LogP contribution < -0.4 is 5.32 Å². The second kappa shape index (κ2) is 15.5. The van der Waals surface area contributed by atoms with Gasteiger partial charge in [0.2, 0.25) is 17.7 Å². The number of benzene rings is 1. The van der Waals surface area contributed by atoms with Crippen LogP contribution in [0.3, 0.4) is 0 Å². The number of likely N-dealkylation sites (tertiary alicyclic amines) is 1. The van der Waals surface area contributed by atoms with E-state index < -0.39 is 59.6 Å². The minimum atomic E-state index is -1.31. The van der Waals surface area contributed by atoms with Crippen molar-refractivity contribution in [3.63, 3.8) is 0 Å². The Kier molecular flexibility index (Phi) is 12.1. The number of nitrogens with one attached hydrogen (secondary N) is 1. The van der Waals surface area contributed by atoms with Gasteiger partial charge in [0.25, 0.3) is 0 Å². The molecule has 1 spiro atoms. The summed E-state index contributed by atoms with van der Waals surface area (Å²) in [6, 6.07) is 6.67. The fraction of sp³-hybridized carbons (Fsp3) is 0.611. The van der Waals surface area contributed by atoms with E-state index in [1.165, 1.54) is 4.90 Å². The molecule has 0 radical (unpaired) electrons. The smallest absolute Gasteiger partial charge is 0.313 e. The SMILES string of the molecule is C=CCCC(=O)N[C@H](C)[C@@H](OC(=O)[C@H]1[C@@H]2O[C@@]3(CC2Br)[C@@H]1C(=O)N([C@@H](CO)[C@@H](C)CC)[C@@H]3C(=O)N(CC=C)C(C)C)c1ccccc1. The predicted octanol–water partition coefficient (Wildman–Crippen LogP) is 4.32. The van der Waals surface area contributed by atoms with Gasteiger partial charge in [-0.1, -0.05) is 78.7 Å². The van der Waals surface area contributed by atoms with Gasteiger partial charge in [0.05, 0.1) is 36.6 Å². The van der Waals surface area contributed by atoms with Crippen LogP contribution in [0.25, 0.3) is 0 Å². The van der Waals surface area contributed by atoms with Crippen LogP contribution in [0, 0.1) is 17.8 Å². The molecule has 10 atom stereocenters. The van der Waals surface area contributed by atoms with Crippen molar-refractivity contribution in [2.24, 2.45) is 17.8 Å². The number of hydrogen-bond acceptors (Lipinski definition) is 7. The fourth-order valence-electron chi connectivity index (χ4n) is 7.58. The van der Waals surface area contributed by atoms with Crippen molar-refractivity contribution in [1.82, 2.24) is 15.1 Å². The van der Waals surface area contributed by atoms with Crippen molar-refractivity contribution in [1.29, 1.82) is 0 Å². The highest BCUT2D eigenvalue weighted by Crippen LogP contribution is 2.61. The molecular weight excluding hydrogens is 666 g/mol. The van der Waals surface area contributed by atoms with Gasteiger partial charge in [0.15, 0.2) is 0 Å². The summed E-state index contributed by atoms with van der Waals surface area (Å²) < 4.78 is 12.9. The van der Waals surface area contributed by atoms with Crippen molar-refractivity contribution in [3.05, 3.63) is 61.2 Å². The number of carbonyl (C=O) groups excluding carboxylic acids is 4. The lowest BCUT2D eigenvalue weighted by atomic mass is 9.70. The molecule has 1 aromatic rings. The first kappa shape index (κ1) is 36.8. The monoisotopic (exact) mass is 715 g/mol. The van der Waals surface area contributed by atoms with Crippen LogP contribution in [-0.2, 0) is 28.7 Å². The van der Waals surface area contributed by atoms with Crippen LogP contribution in [0.5, 0.6) is 0 Å². The van der Waals surface area contributed by atoms with Crippen LogP contribution in [-0.4, -0.2) is 92.4 Å². The number of amides is 3. The average Bonchev–Trinajstić information content (AvgIpc) is 3.64. The zero-order valence-corrected chi connectivity index (χ0v) is 29.7. The maximum atomic E-state index is 14.7. The number of esters is 1. The number of carbonyl (C=O) groups is 4. The molecule has 3 amide bonds. The van der Waals surface area contributed by atoms with E-state index in [0.29, 0.717) is 24.8 Å². The van der Waals surface area contributed by atoms with Crippen molar-refractivity contribution in [2.45, 2.75) is 107 Å². The highest BCUT2D eigenvalue weighted by atomic mass is 79.9. The molecule has 11 heteroatoms. The summed E-state index contributed by atoms with van der Waals surface area (Å²) in [4.78, 5) is 59.1. The largest absolute Gasteiger partial charge is 0.455 e. The van der Waals surface area contributed by atoms with Gasteiger partial charge in [0.1, 0.15) is 17.7 Å². The molecule has 1 aromatic carbocycles. The molecule has 3 saturated heterocycles. The van der Waals surface area contributed by atoms with Crippen LogP contribution in [0.4, 0.5) is 0 Å². The molecule has 258 valence electrons. The summed E-state index contributed by atoms with van der Waals surface area (Å²) in [5, 5.41) is 13.6. The first-order chi connectivity index (χ1) is 22.4. The van der Waals surface area contributed by atoms with E-state index in [2.05, 4.69) is 34.4 Å². The lowest BCUT2D eigenvalue weighted by Gasteiger charge is -2.41. The molecule has 3 aliphatic rings. The minimum Gasteiger partial charge on any atom is -0.455 e. The molecule has 3 aliphatic heterocycles. The van der Waals surface area contributed by atoms with Gasteiger partial charge in [-0.05, 0) is 45.1 Å². The quantitative estimate of drug-likeness (QED) is 0.148. The van der Waals surface area contributed by atoms with Crippen molar-refractivity contribution < 1.29 is 33.8 Å². The van der Waals surface area contributed by atoms with Crippen LogP contribution in [0.1, 0.15) is 72.0 Å². The van der Waals surface area contributed by atoms with E-state index in [1.807, 2.05) is 58.0 Å². The summed E-state index contributed by atoms with van der Waals surface area (Å²) in [6.45, 7) is 16.9. The van der Waals surface area contributed by atoms with Crippen LogP contribution in [0.15, 0.2) is 55.6 Å². The lowest BCUT2D eigenvalue weighted by Crippen LogP contribution is -2.60. The number of aliphatic hydroxyl groups excluding tert-OH is 1. The van der Waals surface area contributed by atoms with E-state index in [0.717, 1.165) is 0 Å². The summed E-state index contributed by atoms with van der Waals surface area (Å²) in [5.74, 6) is -3.66. The minimum absolute atomic E-state index is 0.128. The Balaban J connectivity index is 1.75. The number of alkyl halides is 1. The Hall–Kier alpha value is -3.02. The third-order valence-electron chi connectivity index (χ3n) is 10.1. The zero-order valence-electron chi connectivity index (χ0n) is 28.1. The van der Waals surface area contributed by atoms with E-state index in [4.69, 9.17) is 9.47 Å². The number of fused-ring (bicyclic) bond motifs is 1. The van der Waals surface area contributed by atoms with Gasteiger partial charge in [0, 0.05) is 23.8 Å². The molecule has 2 bridgehead atoms. The number of allylic oxidation sites excluding steroid dienone is 1. The molecule has 3 fully saturated rings. The zero-order chi connectivity index (χ0) is 34.6. The molecule has 47 heavy (non-hydrogen) atoms. The van der Waals surface area contributed by atoms with E-state index >= 15 is 0 Å². The second-order valence-corrected chi connectivity index (χ2v) is 14.5. The highest BCUT2D eigenvalue weighted by Gasteiger charge is 2.77. The summed E-state index contributed by atoms with van der Waals surface area (Å²) in [5.41, 5.74) is -0.619. The molecule has 1 unspecified atom stereocenters. The normalized spacial score (nSPS) is 28.7. The van der Waals surface area contributed by atoms with E-state index in [1.54, 1.807) is 24.0 Å². The molecule has 2 N–H and O–H groups in total. The van der Waals surface area contributed by atoms with Crippen molar-refractivity contribution >= 4 is 39.6 Å². The second-order valence-electron chi connectivity index (χ2n) is 13.4. The molecule has 0 aromatic heterocycles. The topological polar surface area (TPSA) is 125 Å². The van der Waals surface area contributed by atoms with E-state index in [9.17, 15) is 24.3 Å². The first-order valence-corrected chi connectivity index (χ1v) is 17.6. The molecule has 3 heterocycles. The number of rotatable bonds is 16. The Bertz CT molecular complexity index is 1320. The Morgan fingerprint density at radius 3 is 2.45 bits per heavy atom. The van der Waals surface area contributed by atoms with Crippen molar-refractivity contribution in [3.8, 4) is 0 Å². The van der Waals surface area contributed by atoms with Gasteiger partial charge in [-0.2, -0.15) is 0 Å². The van der Waals surface area contributed by atoms with Gasteiger partial charge < -0.3 is 29.7 Å². The number of ether oxygens (including phenoxy) is 2. The maximum absolute atomic E-state index is 14.7. The summed E-state index contributed by atoms with van der Waals surface area (Å²) >= 11 is 3.72. The molecular formula is C36H50BrN3O7. The Morgan fingerprint density at radius 2 is 1.87 bits per heavy atom. The molecule has 0 saturated carbocycles. The maximum Gasteiger partial charge on any atom is 0.313 e. The standard InChI is InChI=1S/C36H50BrN3O7/c1-8-11-17-27(42)38-23(7)30(24-15-13-12-14-16-24)46-35(45)28-29-33(43)40(26(20-41)22(6)10-3)32(34(44)39(18-9-2)21(4)5)36(29)19-25(37)31(28)47-36/h8-9,12-16,21-23,25-26,28-32,41H,1-2,10-11,17-20H2,3-7H3,(H,38,42)/t22-,23+,25?,26-,28+,29-,30+,31+,32+,36-/m0/s1. The summed E-state index contributed by atoms with van der Waals surface area (Å²) in [7, 11) is 0. The average molecular weight is 717 g/mol. The number of hydrogen-bond donors (Lipinski definition) is 2. The number of halogens is 1. The Labute approximate surface area is 287 Å². The van der Waals surface area contributed by atoms with Gasteiger partial charge in [-0.15, -0.1) is 13.2 Å². The molecule has 4 rings (SSSR count). The highest BCUT2D eigenvalue weighted by molar-refractivity contribution is 9.09. The first-order valence-electron chi connectivity index (χ1n) is 16.7. The van der Waals surface area contributed by atoms with Crippen LogP contribution >= 0.6 is 15.9 Å². The predicted molar refractivity (Wildman–Crippen MR) is 182 cm³/mol. The van der Waals surface area contributed by atoms with E-state index in [-0.39, 0.29) is 48.2 Å². The third kappa shape index (κ3) is 6.94. The lowest BCUT2D eigenvalue weighted by molar-refractivity contribution is -0.163. The fourth-order valence-corrected chi connectivity index (χ4v) is 8.52. The van der Waals surface area contributed by atoms with Crippen LogP contribution in [0.2, 0.25) is 0 Å². The van der Waals surface area contributed by atoms with Gasteiger partial charge in [-0.3, -0.25) is 19.2 Å². The van der Waals surface area contributed by atoms with Gasteiger partial charge in [-0.25, -0.2) is 0 Å². The van der Waals surface area contributed by atoms with Gasteiger partial charge >= 0.3 is 5.97 Å². The third-order valence-corrected chi connectivity index (χ3v) is 10.9. The molecule has 10 nitrogen and oxygen atoms in total. The Morgan fingerprint density at radius 1 is 1.19 bits per heavy atom. The molecule has 0 aliphatic carbocycles. The number of aliphatic hydroxyl groups is 1. The summed E-state index contributed by atoms with van der Waals surface area (Å²) in [6.07, 6.45) is 3.51. The van der Waals surface area contributed by atoms with Crippen molar-refractivity contribution in [2.75, 3.05) is 13.2 Å².